The van der Waals surface area contributed by atoms with Gasteiger partial charge in [0.15, 0.2) is 24.8 Å². The van der Waals surface area contributed by atoms with Crippen LogP contribution in [0.15, 0.2) is 146 Å². The van der Waals surface area contributed by atoms with Gasteiger partial charge >= 0.3 is 0 Å². The highest BCUT2D eigenvalue weighted by Crippen LogP contribution is 2.36. The van der Waals surface area contributed by atoms with Gasteiger partial charge in [-0.3, -0.25) is 0 Å². The number of rotatable bonds is 4. The van der Waals surface area contributed by atoms with Crippen molar-refractivity contribution in [1.82, 2.24) is 0 Å². The van der Waals surface area contributed by atoms with Crippen LogP contribution < -0.4 is 18.3 Å². The summed E-state index contributed by atoms with van der Waals surface area (Å²) in [7, 11) is 8.35. The molecule has 0 spiro atoms. The molecule has 418 valence electrons. The van der Waals surface area contributed by atoms with Gasteiger partial charge in [0, 0.05) is 77.0 Å². The Kier molecular flexibility index (Phi) is 17.1. The van der Waals surface area contributed by atoms with Gasteiger partial charge in [-0.05, 0) is 145 Å². The van der Waals surface area contributed by atoms with Crippen molar-refractivity contribution in [3.8, 4) is 45.0 Å². The molecule has 8 rings (SSSR count). The van der Waals surface area contributed by atoms with E-state index in [2.05, 4.69) is 267 Å². The minimum absolute atomic E-state index is 0.0978. The Hall–Kier alpha value is -6.52. The topological polar surface area (TPSA) is 15.5 Å². The monoisotopic (exact) mass is 1060 g/mol. The third-order valence-corrected chi connectivity index (χ3v) is 15.0. The molecule has 0 amide bonds. The van der Waals surface area contributed by atoms with E-state index >= 15 is 0 Å². The van der Waals surface area contributed by atoms with Crippen LogP contribution in [0.2, 0.25) is 0 Å². The van der Waals surface area contributed by atoms with Crippen molar-refractivity contribution < 1.29 is 26.5 Å². The highest BCUT2D eigenvalue weighted by Gasteiger charge is 2.31. The van der Waals surface area contributed by atoms with Crippen LogP contribution in [0.5, 0.6) is 0 Å². The number of nitrogens with zero attached hydrogens (tertiary/aromatic N) is 4. The molecule has 0 N–H and O–H groups in total. The van der Waals surface area contributed by atoms with Crippen LogP contribution >= 0.6 is 0 Å². The van der Waals surface area contributed by atoms with Crippen molar-refractivity contribution in [1.29, 1.82) is 0 Å². The van der Waals surface area contributed by atoms with E-state index in [1.54, 1.807) is 24.3 Å². The van der Waals surface area contributed by atoms with Crippen molar-refractivity contribution in [3.63, 3.8) is 0 Å². The van der Waals surface area contributed by atoms with Crippen molar-refractivity contribution in [3.05, 3.63) is 213 Å². The lowest BCUT2D eigenvalue weighted by atomic mass is 9.75. The summed E-state index contributed by atoms with van der Waals surface area (Å²) in [4.78, 5) is 0. The molecule has 0 unspecified atom stereocenters. The Labute approximate surface area is 489 Å². The third kappa shape index (κ3) is 16.3. The second-order valence-electron chi connectivity index (χ2n) is 27.2. The molecule has 0 saturated carbocycles. The number of hydrogen-bond acceptors (Lipinski definition) is 0. The number of hydrogen-bond donors (Lipinski definition) is 0. The molecule has 8 aromatic rings. The summed E-state index contributed by atoms with van der Waals surface area (Å²) in [5, 5.41) is 0. The van der Waals surface area contributed by atoms with Crippen molar-refractivity contribution in [2.45, 2.75) is 179 Å². The van der Waals surface area contributed by atoms with Crippen LogP contribution in [0.1, 0.15) is 179 Å². The fourth-order valence-electron chi connectivity index (χ4n) is 10.2. The molecular formula is C75H102N4+4. The van der Waals surface area contributed by atoms with Gasteiger partial charge in [0.25, 0.3) is 0 Å². The summed E-state index contributed by atoms with van der Waals surface area (Å²) in [5.41, 5.74) is 23.6. The van der Waals surface area contributed by atoms with E-state index in [9.17, 15) is 0 Å². The van der Waals surface area contributed by atoms with Gasteiger partial charge in [-0.25, -0.2) is 18.3 Å². The quantitative estimate of drug-likeness (QED) is 0.156. The summed E-state index contributed by atoms with van der Waals surface area (Å²) in [6.45, 7) is 40.1. The van der Waals surface area contributed by atoms with Crippen LogP contribution in [-0.2, 0) is 55.3 Å². The van der Waals surface area contributed by atoms with E-state index in [0.29, 0.717) is 11.1 Å². The van der Waals surface area contributed by atoms with Crippen molar-refractivity contribution in [2.24, 2.45) is 28.2 Å². The molecule has 4 aromatic heterocycles. The molecule has 0 radical (unpaired) electrons. The Balaban J connectivity index is 0.000000208. The largest absolute Gasteiger partial charge is 0.212 e. The van der Waals surface area contributed by atoms with E-state index in [-0.39, 0.29) is 27.1 Å². The van der Waals surface area contributed by atoms with Crippen molar-refractivity contribution >= 4 is 0 Å². The zero-order valence-corrected chi connectivity index (χ0v) is 53.1. The molecule has 0 fully saturated rings. The summed E-state index contributed by atoms with van der Waals surface area (Å²) in [6.07, 6.45) is 8.89. The predicted octanol–water partition coefficient (Wildman–Crippen LogP) is 17.4. The SMILES string of the molecule is Cc1ccccc1-c1cc(C(C)(C)C)c(C(C)(C)C)c[n+]1C.Cc1ccccc1-c1ccc(C(C)(C)C)c[n+]1C.[2H]C([2H])([2H])c1ccc(-c2cc(C)c(C(C)(C)C)c[n+]2C)c(C)c1.[2H]C([2H])([2H])c1ccc(-c2ccc(C(C)(C)C)c[n+]2C)c(C)c1. The zero-order valence-electron chi connectivity index (χ0n) is 59.1. The number of pyridine rings is 4. The van der Waals surface area contributed by atoms with Crippen LogP contribution in [-0.4, -0.2) is 0 Å². The summed E-state index contributed by atoms with van der Waals surface area (Å²) < 4.78 is 53.9. The first-order valence-electron chi connectivity index (χ1n) is 31.2. The Morgan fingerprint density at radius 3 is 0.987 bits per heavy atom. The van der Waals surface area contributed by atoms with E-state index in [1.807, 2.05) is 40.1 Å². The lowest BCUT2D eigenvalue weighted by Crippen LogP contribution is -2.36. The van der Waals surface area contributed by atoms with E-state index < -0.39 is 13.7 Å². The molecular weight excluding hydrogens is 957 g/mol. The first-order chi connectivity index (χ1) is 38.8. The minimum Gasteiger partial charge on any atom is -0.201 e. The van der Waals surface area contributed by atoms with Crippen LogP contribution in [0.3, 0.4) is 0 Å². The molecule has 0 aliphatic rings. The maximum atomic E-state index is 7.55. The summed E-state index contributed by atoms with van der Waals surface area (Å²) in [5.74, 6) is 0. The molecule has 4 heterocycles. The Morgan fingerprint density at radius 1 is 0.291 bits per heavy atom. The van der Waals surface area contributed by atoms with Crippen LogP contribution in [0, 0.1) is 48.3 Å². The highest BCUT2D eigenvalue weighted by molar-refractivity contribution is 5.65. The molecule has 0 bridgehead atoms. The molecule has 0 aliphatic carbocycles. The third-order valence-electron chi connectivity index (χ3n) is 15.0. The first-order valence-corrected chi connectivity index (χ1v) is 28.2. The molecule has 0 aliphatic heterocycles. The fraction of sp³-hybridized carbons (Fsp3) is 0.413. The Morgan fingerprint density at radius 2 is 0.633 bits per heavy atom. The van der Waals surface area contributed by atoms with Crippen LogP contribution in [0.25, 0.3) is 45.0 Å². The second-order valence-corrected chi connectivity index (χ2v) is 27.2. The van der Waals surface area contributed by atoms with Gasteiger partial charge in [-0.15, -0.1) is 0 Å². The van der Waals surface area contributed by atoms with Gasteiger partial charge in [-0.2, -0.15) is 0 Å². The number of aromatic nitrogens is 4. The van der Waals surface area contributed by atoms with Gasteiger partial charge in [0.05, 0.1) is 0 Å². The van der Waals surface area contributed by atoms with Crippen molar-refractivity contribution in [2.75, 3.05) is 0 Å². The first kappa shape index (κ1) is 54.4. The lowest BCUT2D eigenvalue weighted by Gasteiger charge is -2.29. The van der Waals surface area contributed by atoms with E-state index in [1.165, 1.54) is 67.0 Å². The second kappa shape index (κ2) is 24.9. The normalized spacial score (nSPS) is 13.4. The Bertz CT molecular complexity index is 3580. The zero-order chi connectivity index (χ0) is 64.3. The standard InChI is InChI=1S/C21H30N.C19H26N.C18H24N.C17H22N/c1-15-11-9-10-12-16(15)19-13-17(20(2,3)4)18(14-22(19)8)21(5,6)7;1-13-8-9-16(14(2)10-13)18-11-15(3)17(12-20(18)7)19(4,5)6;1-13-7-9-16(14(2)11-13)17-10-8-15(12-19(17)6)18(3,4)5;1-13-8-6-7-9-15(13)16-11-10-14(12-18(16)5)17(2,3)4/h9-14H,1-8H3;8-12H,1-7H3;7-12H,1-6H3;6-12H,1-5H3/q4*+1/i;2*1D3;. The summed E-state index contributed by atoms with van der Waals surface area (Å²) in [6, 6.07) is 41.2. The molecule has 0 atom stereocenters. The van der Waals surface area contributed by atoms with Gasteiger partial charge < -0.3 is 0 Å². The smallest absolute Gasteiger partial charge is 0.201 e. The maximum absolute atomic E-state index is 7.55. The average molecular weight is 1070 g/mol. The van der Waals surface area contributed by atoms with Gasteiger partial charge in [-0.1, -0.05) is 176 Å². The fourth-order valence-corrected chi connectivity index (χ4v) is 10.2. The molecule has 0 saturated heterocycles. The number of aryl methyl sites for hydroxylation is 11. The summed E-state index contributed by atoms with van der Waals surface area (Å²) >= 11 is 0. The highest BCUT2D eigenvalue weighted by atomic mass is 14.9. The predicted molar refractivity (Wildman–Crippen MR) is 339 cm³/mol. The molecule has 4 nitrogen and oxygen atoms in total. The van der Waals surface area contributed by atoms with E-state index in [0.717, 1.165) is 33.6 Å². The molecule has 4 heteroatoms. The average Bonchev–Trinajstić information content (AvgIpc) is 1.80. The van der Waals surface area contributed by atoms with Gasteiger partial charge in [0.2, 0.25) is 22.8 Å². The lowest BCUT2D eigenvalue weighted by molar-refractivity contribution is -0.661. The van der Waals surface area contributed by atoms with Crippen LogP contribution in [0.4, 0.5) is 0 Å². The minimum atomic E-state index is -2.06. The molecule has 4 aromatic carbocycles. The van der Waals surface area contributed by atoms with Gasteiger partial charge in [0.1, 0.15) is 28.2 Å². The number of benzene rings is 4. The molecule has 79 heavy (non-hydrogen) atoms. The van der Waals surface area contributed by atoms with E-state index in [4.69, 9.17) is 8.22 Å². The maximum Gasteiger partial charge on any atom is 0.212 e.